The van der Waals surface area contributed by atoms with Crippen LogP contribution >= 0.6 is 27.7 Å². The first-order valence-corrected chi connectivity index (χ1v) is 7.79. The topological polar surface area (TPSA) is 51.8 Å². The number of aromatic nitrogens is 2. The van der Waals surface area contributed by atoms with Gasteiger partial charge in [0.05, 0.1) is 10.2 Å². The van der Waals surface area contributed by atoms with Gasteiger partial charge < -0.3 is 5.73 Å². The first-order valence-electron chi connectivity index (χ1n) is 5.77. The van der Waals surface area contributed by atoms with Gasteiger partial charge in [-0.1, -0.05) is 11.8 Å². The van der Waals surface area contributed by atoms with Crippen LogP contribution in [0.1, 0.15) is 17.2 Å². The molecule has 1 atom stereocenters. The molecule has 0 bridgehead atoms. The molecular weight excluding hydrogens is 348 g/mol. The summed E-state index contributed by atoms with van der Waals surface area (Å²) in [6, 6.07) is 3.38. The van der Waals surface area contributed by atoms with E-state index < -0.39 is 17.6 Å². The Bertz CT molecular complexity index is 604. The van der Waals surface area contributed by atoms with Crippen molar-refractivity contribution in [1.29, 1.82) is 0 Å². The smallest absolute Gasteiger partial charge is 0.187 e. The minimum Gasteiger partial charge on any atom is -0.329 e. The van der Waals surface area contributed by atoms with Crippen LogP contribution in [-0.4, -0.2) is 22.8 Å². The highest BCUT2D eigenvalue weighted by molar-refractivity contribution is 9.10. The van der Waals surface area contributed by atoms with E-state index in [1.807, 2.05) is 6.26 Å². The zero-order valence-electron chi connectivity index (χ0n) is 10.6. The lowest BCUT2D eigenvalue weighted by atomic mass is 9.95. The van der Waals surface area contributed by atoms with Gasteiger partial charge >= 0.3 is 0 Å². The molecule has 0 saturated heterocycles. The van der Waals surface area contributed by atoms with Gasteiger partial charge in [-0.2, -0.15) is 0 Å². The molecule has 1 aromatic heterocycles. The molecule has 0 aliphatic heterocycles. The van der Waals surface area contributed by atoms with Crippen molar-refractivity contribution in [2.24, 2.45) is 5.73 Å². The van der Waals surface area contributed by atoms with Crippen molar-refractivity contribution in [2.75, 3.05) is 12.8 Å². The maximum atomic E-state index is 13.4. The Morgan fingerprint density at radius 1 is 1.30 bits per heavy atom. The Labute approximate surface area is 128 Å². The summed E-state index contributed by atoms with van der Waals surface area (Å²) in [5, 5.41) is 0.582. The van der Waals surface area contributed by atoms with Crippen LogP contribution in [0, 0.1) is 11.6 Å². The van der Waals surface area contributed by atoms with Gasteiger partial charge in [-0.25, -0.2) is 18.7 Å². The van der Waals surface area contributed by atoms with Crippen LogP contribution < -0.4 is 5.73 Å². The number of benzene rings is 1. The van der Waals surface area contributed by atoms with Crippen molar-refractivity contribution in [3.63, 3.8) is 0 Å². The summed E-state index contributed by atoms with van der Waals surface area (Å²) in [6.45, 7) is 0.187. The Hall–Kier alpha value is -1.05. The molecule has 0 amide bonds. The van der Waals surface area contributed by atoms with Crippen LogP contribution in [0.2, 0.25) is 0 Å². The van der Waals surface area contributed by atoms with Gasteiger partial charge in [-0.05, 0) is 39.9 Å². The molecule has 3 nitrogen and oxygen atoms in total. The molecule has 0 saturated carbocycles. The molecule has 2 N–H and O–H groups in total. The molecule has 20 heavy (non-hydrogen) atoms. The fourth-order valence-electron chi connectivity index (χ4n) is 1.89. The summed E-state index contributed by atoms with van der Waals surface area (Å²) in [5.74, 6) is -1.66. The Morgan fingerprint density at radius 3 is 2.50 bits per heavy atom. The van der Waals surface area contributed by atoms with Crippen LogP contribution in [0.3, 0.4) is 0 Å². The number of nitrogens with zero attached hydrogens (tertiary/aromatic N) is 2. The first kappa shape index (κ1) is 15.3. The normalized spacial score (nSPS) is 12.4. The summed E-state index contributed by atoms with van der Waals surface area (Å²) in [6.07, 6.45) is 3.47. The average molecular weight is 360 g/mol. The minimum absolute atomic E-state index is 0.187. The van der Waals surface area contributed by atoms with Crippen molar-refractivity contribution in [3.8, 4) is 0 Å². The SMILES string of the molecule is CSc1ncc(Br)c(C(CN)c2cc(F)cc(F)c2)n1. The monoisotopic (exact) mass is 359 g/mol. The van der Waals surface area contributed by atoms with Crippen LogP contribution in [-0.2, 0) is 0 Å². The second-order valence-electron chi connectivity index (χ2n) is 4.08. The predicted molar refractivity (Wildman–Crippen MR) is 78.8 cm³/mol. The van der Waals surface area contributed by atoms with Gasteiger partial charge in [0, 0.05) is 24.7 Å². The maximum absolute atomic E-state index is 13.4. The number of halogens is 3. The quantitative estimate of drug-likeness (QED) is 0.671. The summed E-state index contributed by atoms with van der Waals surface area (Å²) < 4.78 is 27.4. The van der Waals surface area contributed by atoms with E-state index in [0.29, 0.717) is 20.9 Å². The zero-order chi connectivity index (χ0) is 14.7. The molecule has 106 valence electrons. The summed E-state index contributed by atoms with van der Waals surface area (Å²) in [7, 11) is 0. The summed E-state index contributed by atoms with van der Waals surface area (Å²) in [4.78, 5) is 8.50. The molecule has 2 aromatic rings. The lowest BCUT2D eigenvalue weighted by molar-refractivity contribution is 0.576. The largest absolute Gasteiger partial charge is 0.329 e. The average Bonchev–Trinajstić information content (AvgIpc) is 2.40. The summed E-state index contributed by atoms with van der Waals surface area (Å²) >= 11 is 4.75. The fraction of sp³-hybridized carbons (Fsp3) is 0.231. The number of rotatable bonds is 4. The van der Waals surface area contributed by atoms with Crippen molar-refractivity contribution in [2.45, 2.75) is 11.1 Å². The number of hydrogen-bond donors (Lipinski definition) is 1. The van der Waals surface area contributed by atoms with Crippen LogP contribution in [0.4, 0.5) is 8.78 Å². The third kappa shape index (κ3) is 3.34. The lowest BCUT2D eigenvalue weighted by Gasteiger charge is -2.17. The van der Waals surface area contributed by atoms with E-state index in [1.165, 1.54) is 23.9 Å². The van der Waals surface area contributed by atoms with E-state index in [4.69, 9.17) is 5.73 Å². The van der Waals surface area contributed by atoms with E-state index in [0.717, 1.165) is 6.07 Å². The van der Waals surface area contributed by atoms with Gasteiger partial charge in [0.1, 0.15) is 11.6 Å². The molecule has 0 aliphatic rings. The molecule has 1 unspecified atom stereocenters. The Morgan fingerprint density at radius 2 is 1.95 bits per heavy atom. The zero-order valence-corrected chi connectivity index (χ0v) is 13.0. The van der Waals surface area contributed by atoms with Crippen molar-refractivity contribution < 1.29 is 8.78 Å². The second-order valence-corrected chi connectivity index (χ2v) is 5.71. The number of thioether (sulfide) groups is 1. The highest BCUT2D eigenvalue weighted by Crippen LogP contribution is 2.30. The molecule has 0 radical (unpaired) electrons. The third-order valence-corrected chi connectivity index (χ3v) is 3.96. The van der Waals surface area contributed by atoms with Gasteiger partial charge in [0.2, 0.25) is 0 Å². The molecule has 2 rings (SSSR count). The predicted octanol–water partition coefficient (Wildman–Crippen LogP) is 3.33. The lowest BCUT2D eigenvalue weighted by Crippen LogP contribution is -2.17. The first-order chi connectivity index (χ1) is 9.55. The van der Waals surface area contributed by atoms with Gasteiger partial charge in [0.15, 0.2) is 5.16 Å². The van der Waals surface area contributed by atoms with Gasteiger partial charge in [-0.3, -0.25) is 0 Å². The van der Waals surface area contributed by atoms with Crippen molar-refractivity contribution in [1.82, 2.24) is 9.97 Å². The minimum atomic E-state index is -0.631. The number of hydrogen-bond acceptors (Lipinski definition) is 4. The van der Waals surface area contributed by atoms with E-state index in [-0.39, 0.29) is 6.54 Å². The van der Waals surface area contributed by atoms with Gasteiger partial charge in [-0.15, -0.1) is 0 Å². The molecule has 1 aromatic carbocycles. The molecule has 0 spiro atoms. The molecule has 7 heteroatoms. The molecule has 0 fully saturated rings. The van der Waals surface area contributed by atoms with Crippen LogP contribution in [0.15, 0.2) is 34.0 Å². The summed E-state index contributed by atoms with van der Waals surface area (Å²) in [5.41, 5.74) is 6.84. The highest BCUT2D eigenvalue weighted by Gasteiger charge is 2.19. The second kappa shape index (κ2) is 6.60. The molecule has 0 aliphatic carbocycles. The maximum Gasteiger partial charge on any atom is 0.187 e. The van der Waals surface area contributed by atoms with E-state index >= 15 is 0 Å². The number of nitrogens with two attached hydrogens (primary N) is 1. The standard InChI is InChI=1S/C13H12BrF2N3S/c1-20-13-18-6-11(14)12(19-13)10(5-17)7-2-8(15)4-9(16)3-7/h2-4,6,10H,5,17H2,1H3. The third-order valence-electron chi connectivity index (χ3n) is 2.78. The van der Waals surface area contributed by atoms with Crippen molar-refractivity contribution >= 4 is 27.7 Å². The van der Waals surface area contributed by atoms with E-state index in [2.05, 4.69) is 25.9 Å². The highest BCUT2D eigenvalue weighted by atomic mass is 79.9. The van der Waals surface area contributed by atoms with Crippen LogP contribution in [0.25, 0.3) is 0 Å². The van der Waals surface area contributed by atoms with Crippen LogP contribution in [0.5, 0.6) is 0 Å². The Kier molecular flexibility index (Phi) is 5.06. The molecular formula is C13H12BrF2N3S. The van der Waals surface area contributed by atoms with E-state index in [1.54, 1.807) is 6.20 Å². The van der Waals surface area contributed by atoms with E-state index in [9.17, 15) is 8.78 Å². The van der Waals surface area contributed by atoms with Crippen molar-refractivity contribution in [3.05, 3.63) is 51.8 Å². The molecule has 1 heterocycles. The van der Waals surface area contributed by atoms with Gasteiger partial charge in [0.25, 0.3) is 0 Å². The fourth-order valence-corrected chi connectivity index (χ4v) is 2.70. The Balaban J connectivity index is 2.51.